The number of aromatic nitrogens is 1. The largest absolute Gasteiger partial charge is 0.252 e. The van der Waals surface area contributed by atoms with E-state index in [1.807, 2.05) is 0 Å². The zero-order valence-electron chi connectivity index (χ0n) is 18.9. The first kappa shape index (κ1) is 20.1. The highest BCUT2D eigenvalue weighted by Crippen LogP contribution is 2.79. The Balaban J connectivity index is 1.56. The molecule has 2 saturated carbocycles. The van der Waals surface area contributed by atoms with Gasteiger partial charge in [-0.15, -0.1) is 0 Å². The van der Waals surface area contributed by atoms with Crippen LogP contribution < -0.4 is 10.6 Å². The average Bonchev–Trinajstić information content (AvgIpc) is 2.85. The van der Waals surface area contributed by atoms with Crippen molar-refractivity contribution in [3.05, 3.63) is 103 Å². The molecule has 6 rings (SSSR count). The average molecular weight is 436 g/mol. The van der Waals surface area contributed by atoms with E-state index in [4.69, 9.17) is 4.98 Å². The Morgan fingerprint density at radius 3 is 2.03 bits per heavy atom. The smallest absolute Gasteiger partial charge is 0.0705 e. The Hall–Kier alpha value is -2.50. The first-order chi connectivity index (χ1) is 15.7. The Bertz CT molecular complexity index is 1210. The Kier molecular flexibility index (Phi) is 4.74. The number of benzene rings is 3. The van der Waals surface area contributed by atoms with Crippen molar-refractivity contribution < 1.29 is 0 Å². The second-order valence-corrected chi connectivity index (χ2v) is 12.1. The minimum Gasteiger partial charge on any atom is -0.252 e. The molecule has 0 saturated heterocycles. The maximum absolute atomic E-state index is 5.33. The van der Waals surface area contributed by atoms with Crippen molar-refractivity contribution in [3.63, 3.8) is 0 Å². The summed E-state index contributed by atoms with van der Waals surface area (Å²) in [4.78, 5) is 5.33. The zero-order chi connectivity index (χ0) is 21.8. The van der Waals surface area contributed by atoms with Crippen LogP contribution in [-0.2, 0) is 5.41 Å². The molecule has 2 fully saturated rings. The van der Waals surface area contributed by atoms with Gasteiger partial charge in [-0.05, 0) is 61.3 Å². The normalized spacial score (nSPS) is 28.7. The fourth-order valence-corrected chi connectivity index (χ4v) is 10.8. The van der Waals surface area contributed by atoms with Gasteiger partial charge in [0.15, 0.2) is 0 Å². The number of rotatable bonds is 5. The van der Waals surface area contributed by atoms with E-state index in [-0.39, 0.29) is 5.41 Å². The number of fused-ring (bicyclic) bond motifs is 2. The Morgan fingerprint density at radius 2 is 1.44 bits per heavy atom. The third-order valence-corrected chi connectivity index (χ3v) is 11.7. The van der Waals surface area contributed by atoms with E-state index in [0.717, 1.165) is 17.9 Å². The quantitative estimate of drug-likeness (QED) is 0.314. The van der Waals surface area contributed by atoms with Crippen molar-refractivity contribution in [2.45, 2.75) is 44.2 Å². The van der Waals surface area contributed by atoms with Crippen LogP contribution in [0.25, 0.3) is 10.9 Å². The molecule has 0 amide bonds. The van der Waals surface area contributed by atoms with Gasteiger partial charge in [0, 0.05) is 22.2 Å². The number of pyridine rings is 1. The molecular weight excluding hydrogens is 405 g/mol. The fraction of sp³-hybridized carbons (Fsp3) is 0.300. The molecule has 4 atom stereocenters. The van der Waals surface area contributed by atoms with Crippen molar-refractivity contribution in [1.29, 1.82) is 0 Å². The molecule has 0 N–H and O–H groups in total. The first-order valence-electron chi connectivity index (χ1n) is 11.9. The third kappa shape index (κ3) is 2.64. The minimum atomic E-state index is -0.472. The summed E-state index contributed by atoms with van der Waals surface area (Å²) in [6, 6.07) is 35.8. The molecule has 32 heavy (non-hydrogen) atoms. The predicted octanol–water partition coefficient (Wildman–Crippen LogP) is 6.81. The summed E-state index contributed by atoms with van der Waals surface area (Å²) in [5.74, 6) is 0.780. The molecule has 0 bridgehead atoms. The van der Waals surface area contributed by atoms with Gasteiger partial charge in [-0.1, -0.05) is 98.8 Å². The molecule has 1 aromatic heterocycles. The van der Waals surface area contributed by atoms with Gasteiger partial charge in [0.05, 0.1) is 5.52 Å². The first-order valence-corrected chi connectivity index (χ1v) is 13.4. The molecule has 3 aromatic carbocycles. The lowest BCUT2D eigenvalue weighted by molar-refractivity contribution is -0.150. The molecule has 2 aliphatic rings. The minimum absolute atomic E-state index is 0.122. The van der Waals surface area contributed by atoms with Gasteiger partial charge in [0.25, 0.3) is 0 Å². The van der Waals surface area contributed by atoms with Gasteiger partial charge in [-0.25, -0.2) is 0 Å². The van der Waals surface area contributed by atoms with Gasteiger partial charge in [0.1, 0.15) is 0 Å². The van der Waals surface area contributed by atoms with Crippen LogP contribution in [0.5, 0.6) is 0 Å². The molecule has 0 radical (unpaired) electrons. The van der Waals surface area contributed by atoms with Crippen LogP contribution in [0.3, 0.4) is 0 Å². The van der Waals surface area contributed by atoms with E-state index >= 15 is 0 Å². The van der Waals surface area contributed by atoms with Crippen LogP contribution in [0.15, 0.2) is 97.1 Å². The second-order valence-electron chi connectivity index (χ2n) is 9.76. The van der Waals surface area contributed by atoms with Gasteiger partial charge in [-0.3, -0.25) is 4.98 Å². The molecule has 0 aliphatic heterocycles. The third-order valence-electron chi connectivity index (χ3n) is 8.66. The number of hydrogen-bond acceptors (Lipinski definition) is 1. The van der Waals surface area contributed by atoms with E-state index in [2.05, 4.69) is 111 Å². The van der Waals surface area contributed by atoms with Crippen LogP contribution in [0.2, 0.25) is 0 Å². The van der Waals surface area contributed by atoms with E-state index in [9.17, 15) is 0 Å². The number of para-hydroxylation sites is 1. The van der Waals surface area contributed by atoms with Gasteiger partial charge in [-0.2, -0.15) is 0 Å². The predicted molar refractivity (Wildman–Crippen MR) is 137 cm³/mol. The summed E-state index contributed by atoms with van der Waals surface area (Å²) in [6.45, 7) is 4.97. The summed E-state index contributed by atoms with van der Waals surface area (Å²) < 4.78 is 0. The summed E-state index contributed by atoms with van der Waals surface area (Å²) in [5.41, 5.74) is 3.55. The maximum Gasteiger partial charge on any atom is 0.0705 e. The summed E-state index contributed by atoms with van der Waals surface area (Å²) in [7, 11) is -0.472. The van der Waals surface area contributed by atoms with Crippen molar-refractivity contribution in [2.24, 2.45) is 11.3 Å². The van der Waals surface area contributed by atoms with Crippen LogP contribution in [0.1, 0.15) is 38.8 Å². The molecule has 1 heterocycles. The van der Waals surface area contributed by atoms with Crippen LogP contribution >= 0.6 is 7.92 Å². The molecule has 2 heteroatoms. The lowest BCUT2D eigenvalue weighted by atomic mass is 9.34. The number of nitrogens with zero attached hydrogens (tertiary/aromatic N) is 1. The van der Waals surface area contributed by atoms with Crippen LogP contribution in [0, 0.1) is 11.3 Å². The molecule has 2 aliphatic carbocycles. The van der Waals surface area contributed by atoms with Crippen molar-refractivity contribution in [1.82, 2.24) is 4.98 Å². The number of hydrogen-bond donors (Lipinski definition) is 0. The molecule has 160 valence electrons. The van der Waals surface area contributed by atoms with Crippen LogP contribution in [0.4, 0.5) is 0 Å². The molecular formula is C30H30NP. The highest BCUT2D eigenvalue weighted by molar-refractivity contribution is 7.73. The zero-order valence-corrected chi connectivity index (χ0v) is 19.8. The van der Waals surface area contributed by atoms with Crippen molar-refractivity contribution >= 4 is 29.4 Å². The molecule has 1 nitrogen and oxygen atoms in total. The van der Waals surface area contributed by atoms with Gasteiger partial charge < -0.3 is 0 Å². The molecule has 4 aromatic rings. The molecule has 2 unspecified atom stereocenters. The van der Waals surface area contributed by atoms with Crippen molar-refractivity contribution in [2.75, 3.05) is 0 Å². The Labute approximate surface area is 192 Å². The highest BCUT2D eigenvalue weighted by atomic mass is 31.1. The fourth-order valence-electron chi connectivity index (χ4n) is 6.99. The highest BCUT2D eigenvalue weighted by Gasteiger charge is 2.74. The van der Waals surface area contributed by atoms with E-state index < -0.39 is 7.92 Å². The standard InChI is InChI=1S/C30H30NP/c1-3-30(27-19-18-22-12-10-11-17-26(22)31-27)28(25-20-21-29(25,30)2)32(23-13-6-4-7-14-23)24-15-8-5-9-16-24/h4-19,25,28H,3,20-21H2,1-2H3/t25?,28-,29-,30?/m1/s1. The van der Waals surface area contributed by atoms with Crippen molar-refractivity contribution in [3.8, 4) is 0 Å². The van der Waals surface area contributed by atoms with Gasteiger partial charge >= 0.3 is 0 Å². The maximum atomic E-state index is 5.33. The monoisotopic (exact) mass is 435 g/mol. The lowest BCUT2D eigenvalue weighted by Crippen LogP contribution is -2.75. The van der Waals surface area contributed by atoms with Gasteiger partial charge in [0.2, 0.25) is 0 Å². The Morgan fingerprint density at radius 1 is 0.812 bits per heavy atom. The summed E-state index contributed by atoms with van der Waals surface area (Å²) in [5, 5.41) is 4.25. The lowest BCUT2D eigenvalue weighted by Gasteiger charge is -2.76. The SMILES string of the molecule is CCC1(c2ccc3ccccc3n2)[C@H](P(c2ccccc2)c2ccccc2)C2CC[C@]21C. The van der Waals surface area contributed by atoms with E-state index in [1.54, 1.807) is 0 Å². The molecule has 0 spiro atoms. The summed E-state index contributed by atoms with van der Waals surface area (Å²) in [6.07, 6.45) is 3.83. The second kappa shape index (κ2) is 7.53. The van der Waals surface area contributed by atoms with E-state index in [0.29, 0.717) is 11.1 Å². The summed E-state index contributed by atoms with van der Waals surface area (Å²) >= 11 is 0. The van der Waals surface area contributed by atoms with E-state index in [1.165, 1.54) is 34.5 Å². The topological polar surface area (TPSA) is 12.9 Å². The van der Waals surface area contributed by atoms with Crippen LogP contribution in [-0.4, -0.2) is 10.6 Å².